The third-order valence-corrected chi connectivity index (χ3v) is 4.95. The first kappa shape index (κ1) is 16.5. The summed E-state index contributed by atoms with van der Waals surface area (Å²) in [5, 5.41) is 5.98. The number of para-hydroxylation sites is 1. The van der Waals surface area contributed by atoms with Crippen LogP contribution < -0.4 is 10.6 Å². The maximum Gasteiger partial charge on any atom is 0.319 e. The van der Waals surface area contributed by atoms with Crippen LogP contribution in [-0.4, -0.2) is 37.6 Å². The lowest BCUT2D eigenvalue weighted by Crippen LogP contribution is -2.48. The predicted octanol–water partition coefficient (Wildman–Crippen LogP) is 3.47. The van der Waals surface area contributed by atoms with E-state index in [1.54, 1.807) is 0 Å². The van der Waals surface area contributed by atoms with Gasteiger partial charge in [-0.3, -0.25) is 0 Å². The van der Waals surface area contributed by atoms with Crippen LogP contribution in [0, 0.1) is 0 Å². The van der Waals surface area contributed by atoms with Crippen LogP contribution in [0.15, 0.2) is 60.7 Å². The van der Waals surface area contributed by atoms with E-state index in [2.05, 4.69) is 46.8 Å². The van der Waals surface area contributed by atoms with Crippen molar-refractivity contribution in [2.75, 3.05) is 32.0 Å². The SMILES string of the molecule is CN1CCC(CNC(=O)Nc2ccccc2)(c2ccccc2)CC1. The Morgan fingerprint density at radius 2 is 1.58 bits per heavy atom. The molecule has 0 saturated carbocycles. The van der Waals surface area contributed by atoms with Gasteiger partial charge in [0.2, 0.25) is 0 Å². The van der Waals surface area contributed by atoms with E-state index >= 15 is 0 Å². The van der Waals surface area contributed by atoms with Crippen molar-refractivity contribution >= 4 is 11.7 Å². The number of amides is 2. The van der Waals surface area contributed by atoms with Gasteiger partial charge in [0, 0.05) is 17.6 Å². The minimum Gasteiger partial charge on any atom is -0.337 e. The number of nitrogens with zero attached hydrogens (tertiary/aromatic N) is 1. The highest BCUT2D eigenvalue weighted by molar-refractivity contribution is 5.89. The average molecular weight is 323 g/mol. The fourth-order valence-corrected chi connectivity index (χ4v) is 3.35. The third kappa shape index (κ3) is 3.95. The van der Waals surface area contributed by atoms with Crippen LogP contribution in [0.5, 0.6) is 0 Å². The topological polar surface area (TPSA) is 44.4 Å². The zero-order valence-corrected chi connectivity index (χ0v) is 14.2. The van der Waals surface area contributed by atoms with Crippen molar-refractivity contribution < 1.29 is 4.79 Å². The van der Waals surface area contributed by atoms with Gasteiger partial charge in [-0.15, -0.1) is 0 Å². The number of hydrogen-bond acceptors (Lipinski definition) is 2. The fraction of sp³-hybridized carbons (Fsp3) is 0.350. The molecule has 2 N–H and O–H groups in total. The fourth-order valence-electron chi connectivity index (χ4n) is 3.35. The second-order valence-electron chi connectivity index (χ2n) is 6.62. The Labute approximate surface area is 143 Å². The van der Waals surface area contributed by atoms with Gasteiger partial charge in [0.25, 0.3) is 0 Å². The standard InChI is InChI=1S/C20H25N3O/c1-23-14-12-20(13-15-23,17-8-4-2-5-9-17)16-21-19(24)22-18-10-6-3-7-11-18/h2-11H,12-16H2,1H3,(H2,21,22,24). The highest BCUT2D eigenvalue weighted by Crippen LogP contribution is 2.34. The molecule has 1 aliphatic heterocycles. The number of carbonyl (C=O) groups is 1. The molecule has 2 aromatic carbocycles. The van der Waals surface area contributed by atoms with E-state index in [0.29, 0.717) is 6.54 Å². The van der Waals surface area contributed by atoms with Gasteiger partial charge in [0.1, 0.15) is 0 Å². The largest absolute Gasteiger partial charge is 0.337 e. The Morgan fingerprint density at radius 1 is 1.00 bits per heavy atom. The van der Waals surface area contributed by atoms with Crippen molar-refractivity contribution in [2.24, 2.45) is 0 Å². The second-order valence-corrected chi connectivity index (χ2v) is 6.62. The monoisotopic (exact) mass is 323 g/mol. The summed E-state index contributed by atoms with van der Waals surface area (Å²) in [4.78, 5) is 14.6. The van der Waals surface area contributed by atoms with Gasteiger partial charge in [-0.1, -0.05) is 48.5 Å². The molecule has 2 aromatic rings. The Hall–Kier alpha value is -2.33. The quantitative estimate of drug-likeness (QED) is 0.905. The van der Waals surface area contributed by atoms with Crippen LogP contribution in [0.1, 0.15) is 18.4 Å². The number of urea groups is 1. The predicted molar refractivity (Wildman–Crippen MR) is 98.3 cm³/mol. The minimum atomic E-state index is -0.143. The molecule has 1 saturated heterocycles. The first-order chi connectivity index (χ1) is 11.7. The summed E-state index contributed by atoms with van der Waals surface area (Å²) in [5.74, 6) is 0. The zero-order chi connectivity index (χ0) is 16.8. The molecule has 24 heavy (non-hydrogen) atoms. The van der Waals surface area contributed by atoms with Crippen molar-refractivity contribution in [3.8, 4) is 0 Å². The van der Waals surface area contributed by atoms with Crippen molar-refractivity contribution in [2.45, 2.75) is 18.3 Å². The average Bonchev–Trinajstić information content (AvgIpc) is 2.63. The van der Waals surface area contributed by atoms with Gasteiger partial charge in [-0.25, -0.2) is 4.79 Å². The Bertz CT molecular complexity index is 649. The van der Waals surface area contributed by atoms with Crippen molar-refractivity contribution in [3.63, 3.8) is 0 Å². The molecule has 1 aliphatic rings. The Kier molecular flexibility index (Phi) is 5.16. The smallest absolute Gasteiger partial charge is 0.319 e. The van der Waals surface area contributed by atoms with Crippen LogP contribution in [0.2, 0.25) is 0 Å². The summed E-state index contributed by atoms with van der Waals surface area (Å²) < 4.78 is 0. The molecule has 4 nitrogen and oxygen atoms in total. The number of carbonyl (C=O) groups excluding carboxylic acids is 1. The normalized spacial score (nSPS) is 17.2. The molecule has 0 aliphatic carbocycles. The van der Waals surface area contributed by atoms with Crippen LogP contribution in [0.3, 0.4) is 0 Å². The summed E-state index contributed by atoms with van der Waals surface area (Å²) in [5.41, 5.74) is 2.15. The molecule has 3 rings (SSSR count). The number of rotatable bonds is 4. The number of piperidine rings is 1. The van der Waals surface area contributed by atoms with Gasteiger partial charge in [0.05, 0.1) is 0 Å². The minimum absolute atomic E-state index is 0.0157. The summed E-state index contributed by atoms with van der Waals surface area (Å²) >= 11 is 0. The highest BCUT2D eigenvalue weighted by atomic mass is 16.2. The lowest BCUT2D eigenvalue weighted by Gasteiger charge is -2.41. The summed E-state index contributed by atoms with van der Waals surface area (Å²) in [6, 6.07) is 20.0. The zero-order valence-electron chi connectivity index (χ0n) is 14.2. The molecule has 126 valence electrons. The van der Waals surface area contributed by atoms with Gasteiger partial charge in [-0.2, -0.15) is 0 Å². The van der Waals surface area contributed by atoms with E-state index in [1.807, 2.05) is 36.4 Å². The maximum absolute atomic E-state index is 12.3. The van der Waals surface area contributed by atoms with Gasteiger partial charge in [-0.05, 0) is 50.7 Å². The van der Waals surface area contributed by atoms with E-state index in [0.717, 1.165) is 31.6 Å². The molecule has 0 aromatic heterocycles. The molecular formula is C20H25N3O. The highest BCUT2D eigenvalue weighted by Gasteiger charge is 2.35. The number of anilines is 1. The second kappa shape index (κ2) is 7.49. The summed E-state index contributed by atoms with van der Waals surface area (Å²) in [6.07, 6.45) is 2.11. The summed E-state index contributed by atoms with van der Waals surface area (Å²) in [7, 11) is 2.16. The molecule has 0 unspecified atom stereocenters. The van der Waals surface area contributed by atoms with Crippen LogP contribution in [0.4, 0.5) is 10.5 Å². The first-order valence-corrected chi connectivity index (χ1v) is 8.52. The van der Waals surface area contributed by atoms with Crippen molar-refractivity contribution in [3.05, 3.63) is 66.2 Å². The van der Waals surface area contributed by atoms with E-state index in [4.69, 9.17) is 0 Å². The van der Waals surface area contributed by atoms with Crippen LogP contribution in [-0.2, 0) is 5.41 Å². The molecule has 0 spiro atoms. The Balaban J connectivity index is 1.67. The van der Waals surface area contributed by atoms with Gasteiger partial charge < -0.3 is 15.5 Å². The maximum atomic E-state index is 12.3. The van der Waals surface area contributed by atoms with Crippen LogP contribution >= 0.6 is 0 Å². The number of nitrogens with one attached hydrogen (secondary N) is 2. The summed E-state index contributed by atoms with van der Waals surface area (Å²) in [6.45, 7) is 2.76. The molecule has 0 atom stereocenters. The lowest BCUT2D eigenvalue weighted by molar-refractivity contribution is 0.183. The van der Waals surface area contributed by atoms with E-state index < -0.39 is 0 Å². The molecule has 1 heterocycles. The molecule has 2 amide bonds. The lowest BCUT2D eigenvalue weighted by atomic mass is 9.72. The molecule has 0 bridgehead atoms. The Morgan fingerprint density at radius 3 is 2.21 bits per heavy atom. The van der Waals surface area contributed by atoms with Gasteiger partial charge >= 0.3 is 6.03 Å². The van der Waals surface area contributed by atoms with Gasteiger partial charge in [0.15, 0.2) is 0 Å². The number of likely N-dealkylation sites (tertiary alicyclic amines) is 1. The number of hydrogen-bond donors (Lipinski definition) is 2. The molecule has 1 fully saturated rings. The third-order valence-electron chi connectivity index (χ3n) is 4.95. The molecule has 4 heteroatoms. The molecule has 0 radical (unpaired) electrons. The first-order valence-electron chi connectivity index (χ1n) is 8.52. The van der Waals surface area contributed by atoms with Crippen LogP contribution in [0.25, 0.3) is 0 Å². The van der Waals surface area contributed by atoms with E-state index in [9.17, 15) is 4.79 Å². The van der Waals surface area contributed by atoms with E-state index in [1.165, 1.54) is 5.56 Å². The van der Waals surface area contributed by atoms with E-state index in [-0.39, 0.29) is 11.4 Å². The molecular weight excluding hydrogens is 298 g/mol. The van der Waals surface area contributed by atoms with Crippen molar-refractivity contribution in [1.29, 1.82) is 0 Å². The number of benzene rings is 2. The van der Waals surface area contributed by atoms with Crippen molar-refractivity contribution in [1.82, 2.24) is 10.2 Å².